The third-order valence-corrected chi connectivity index (χ3v) is 4.20. The first-order valence-electron chi connectivity index (χ1n) is 3.79. The Labute approximate surface area is 112 Å². The molecule has 4 nitrogen and oxygen atoms in total. The van der Waals surface area contributed by atoms with Crippen molar-refractivity contribution in [2.75, 3.05) is 0 Å². The first-order chi connectivity index (χ1) is 7.02. The predicted molar refractivity (Wildman–Crippen MR) is 72.2 cm³/mol. The highest BCUT2D eigenvalue weighted by Gasteiger charge is 2.05. The summed E-state index contributed by atoms with van der Waals surface area (Å²) in [4.78, 5) is 0. The van der Waals surface area contributed by atoms with Crippen molar-refractivity contribution < 1.29 is 0 Å². The Hall–Kier alpha value is -0.400. The summed E-state index contributed by atoms with van der Waals surface area (Å²) in [6, 6.07) is 3.80. The Morgan fingerprint density at radius 2 is 1.93 bits per heavy atom. The van der Waals surface area contributed by atoms with Crippen molar-refractivity contribution in [2.24, 2.45) is 10.8 Å². The smallest absolute Gasteiger partial charge is 0.206 e. The van der Waals surface area contributed by atoms with Crippen LogP contribution < -0.4 is 11.2 Å². The second-order valence-electron chi connectivity index (χ2n) is 2.54. The maximum Gasteiger partial charge on any atom is 0.206 e. The Morgan fingerprint density at radius 1 is 1.33 bits per heavy atom. The summed E-state index contributed by atoms with van der Waals surface area (Å²) in [6.45, 7) is 0. The van der Waals surface area contributed by atoms with Gasteiger partial charge in [0.05, 0.1) is 6.21 Å². The SMILES string of the molecule is N=C(N)NN=Cc1c(Br)ccc(Br)c1Br. The average molecular weight is 399 g/mol. The van der Waals surface area contributed by atoms with Gasteiger partial charge in [0.25, 0.3) is 0 Å². The van der Waals surface area contributed by atoms with Crippen LogP contribution in [0.2, 0.25) is 0 Å². The van der Waals surface area contributed by atoms with E-state index in [0.29, 0.717) is 0 Å². The number of nitrogens with one attached hydrogen (secondary N) is 2. The van der Waals surface area contributed by atoms with Gasteiger partial charge in [-0.25, -0.2) is 5.43 Å². The van der Waals surface area contributed by atoms with E-state index in [1.165, 1.54) is 0 Å². The highest BCUT2D eigenvalue weighted by molar-refractivity contribution is 9.13. The predicted octanol–water partition coefficient (Wildman–Crippen LogP) is 2.79. The van der Waals surface area contributed by atoms with Gasteiger partial charge < -0.3 is 5.73 Å². The van der Waals surface area contributed by atoms with E-state index in [1.807, 2.05) is 12.1 Å². The number of halogens is 3. The largest absolute Gasteiger partial charge is 0.369 e. The molecule has 0 aromatic heterocycles. The molecule has 0 radical (unpaired) electrons. The van der Waals surface area contributed by atoms with Gasteiger partial charge in [-0.2, -0.15) is 5.10 Å². The summed E-state index contributed by atoms with van der Waals surface area (Å²) in [5.41, 5.74) is 8.29. The number of nitrogens with zero attached hydrogens (tertiary/aromatic N) is 1. The van der Waals surface area contributed by atoms with Crippen molar-refractivity contribution in [3.8, 4) is 0 Å². The first kappa shape index (κ1) is 12.7. The second-order valence-corrected chi connectivity index (χ2v) is 5.04. The molecule has 0 heterocycles. The van der Waals surface area contributed by atoms with Crippen molar-refractivity contribution in [1.29, 1.82) is 5.41 Å². The number of hydrogen-bond donors (Lipinski definition) is 3. The molecular weight excluding hydrogens is 392 g/mol. The lowest BCUT2D eigenvalue weighted by molar-refractivity contribution is 1.00. The van der Waals surface area contributed by atoms with Crippen LogP contribution in [0.3, 0.4) is 0 Å². The topological polar surface area (TPSA) is 74.3 Å². The summed E-state index contributed by atoms with van der Waals surface area (Å²) < 4.78 is 2.70. The van der Waals surface area contributed by atoms with Gasteiger partial charge >= 0.3 is 0 Å². The van der Waals surface area contributed by atoms with Crippen LogP contribution in [0, 0.1) is 5.41 Å². The molecule has 4 N–H and O–H groups in total. The maximum absolute atomic E-state index is 6.93. The monoisotopic (exact) mass is 396 g/mol. The Balaban J connectivity index is 2.98. The van der Waals surface area contributed by atoms with Gasteiger partial charge in [0, 0.05) is 19.0 Å². The van der Waals surface area contributed by atoms with Gasteiger partial charge in [-0.3, -0.25) is 5.41 Å². The van der Waals surface area contributed by atoms with Crippen LogP contribution in [0.4, 0.5) is 0 Å². The van der Waals surface area contributed by atoms with Gasteiger partial charge in [-0.15, -0.1) is 0 Å². The minimum absolute atomic E-state index is 0.200. The van der Waals surface area contributed by atoms with Gasteiger partial charge in [-0.05, 0) is 44.0 Å². The molecule has 0 aliphatic rings. The van der Waals surface area contributed by atoms with Crippen molar-refractivity contribution in [3.05, 3.63) is 31.1 Å². The quantitative estimate of drug-likeness (QED) is 0.310. The number of benzene rings is 1. The number of nitrogens with two attached hydrogens (primary N) is 1. The van der Waals surface area contributed by atoms with Crippen LogP contribution in [0.15, 0.2) is 30.7 Å². The molecule has 80 valence electrons. The summed E-state index contributed by atoms with van der Waals surface area (Å²) in [5.74, 6) is -0.200. The molecule has 0 spiro atoms. The molecule has 0 aliphatic carbocycles. The lowest BCUT2D eigenvalue weighted by atomic mass is 10.2. The molecule has 0 fully saturated rings. The van der Waals surface area contributed by atoms with Crippen molar-refractivity contribution in [1.82, 2.24) is 5.43 Å². The number of hydrazone groups is 1. The molecule has 0 aliphatic heterocycles. The van der Waals surface area contributed by atoms with Gasteiger partial charge in [-0.1, -0.05) is 15.9 Å². The summed E-state index contributed by atoms with van der Waals surface area (Å²) >= 11 is 10.2. The fourth-order valence-corrected chi connectivity index (χ4v) is 2.32. The minimum Gasteiger partial charge on any atom is -0.369 e. The van der Waals surface area contributed by atoms with Gasteiger partial charge in [0.1, 0.15) is 0 Å². The number of guanidine groups is 1. The van der Waals surface area contributed by atoms with E-state index in [-0.39, 0.29) is 5.96 Å². The highest BCUT2D eigenvalue weighted by atomic mass is 79.9. The molecule has 15 heavy (non-hydrogen) atoms. The lowest BCUT2D eigenvalue weighted by Gasteiger charge is -2.03. The Bertz CT molecular complexity index is 417. The van der Waals surface area contributed by atoms with Crippen LogP contribution in [-0.4, -0.2) is 12.2 Å². The Kier molecular flexibility index (Phi) is 4.75. The molecular formula is C8H7Br3N4. The van der Waals surface area contributed by atoms with E-state index < -0.39 is 0 Å². The summed E-state index contributed by atoms with van der Waals surface area (Å²) in [7, 11) is 0. The van der Waals surface area contributed by atoms with E-state index in [9.17, 15) is 0 Å². The normalized spacial score (nSPS) is 10.6. The maximum atomic E-state index is 6.93. The molecule has 0 atom stereocenters. The lowest BCUT2D eigenvalue weighted by Crippen LogP contribution is -2.25. The zero-order valence-electron chi connectivity index (χ0n) is 7.39. The minimum atomic E-state index is -0.200. The van der Waals surface area contributed by atoms with E-state index in [1.54, 1.807) is 6.21 Å². The Morgan fingerprint density at radius 3 is 2.53 bits per heavy atom. The fraction of sp³-hybridized carbons (Fsp3) is 0. The molecule has 0 bridgehead atoms. The zero-order valence-corrected chi connectivity index (χ0v) is 12.1. The second kappa shape index (κ2) is 5.62. The van der Waals surface area contributed by atoms with Crippen molar-refractivity contribution >= 4 is 60.0 Å². The van der Waals surface area contributed by atoms with E-state index >= 15 is 0 Å². The van der Waals surface area contributed by atoms with E-state index in [2.05, 4.69) is 58.3 Å². The summed E-state index contributed by atoms with van der Waals surface area (Å²) in [6.07, 6.45) is 1.57. The van der Waals surface area contributed by atoms with Crippen molar-refractivity contribution in [3.63, 3.8) is 0 Å². The standard InChI is InChI=1S/C8H7Br3N4/c9-5-1-2-6(10)7(11)4(5)3-14-15-8(12)13/h1-3H,(H4,12,13,15). The molecule has 0 saturated heterocycles. The number of hydrogen-bond acceptors (Lipinski definition) is 2. The molecule has 0 saturated carbocycles. The summed E-state index contributed by atoms with van der Waals surface area (Å²) in [5, 5.41) is 10.7. The molecule has 0 amide bonds. The average Bonchev–Trinajstić information content (AvgIpc) is 2.17. The third kappa shape index (κ3) is 3.58. The molecule has 7 heteroatoms. The zero-order chi connectivity index (χ0) is 11.4. The molecule has 0 unspecified atom stereocenters. The first-order valence-corrected chi connectivity index (χ1v) is 6.17. The van der Waals surface area contributed by atoms with Crippen molar-refractivity contribution in [2.45, 2.75) is 0 Å². The van der Waals surface area contributed by atoms with Crippen LogP contribution in [-0.2, 0) is 0 Å². The fourth-order valence-electron chi connectivity index (χ4n) is 0.827. The van der Waals surface area contributed by atoms with Gasteiger partial charge in [0.15, 0.2) is 0 Å². The molecule has 1 aromatic rings. The number of rotatable bonds is 2. The molecule has 1 rings (SSSR count). The van der Waals surface area contributed by atoms with Crippen LogP contribution in [0.1, 0.15) is 5.56 Å². The van der Waals surface area contributed by atoms with E-state index in [0.717, 1.165) is 19.0 Å². The van der Waals surface area contributed by atoms with Crippen LogP contribution in [0.5, 0.6) is 0 Å². The third-order valence-electron chi connectivity index (χ3n) is 1.46. The van der Waals surface area contributed by atoms with Crippen LogP contribution >= 0.6 is 47.8 Å². The van der Waals surface area contributed by atoms with Crippen LogP contribution in [0.25, 0.3) is 0 Å². The van der Waals surface area contributed by atoms with E-state index in [4.69, 9.17) is 11.1 Å². The highest BCUT2D eigenvalue weighted by Crippen LogP contribution is 2.30. The van der Waals surface area contributed by atoms with Gasteiger partial charge in [0.2, 0.25) is 5.96 Å². The molecule has 1 aromatic carbocycles.